The highest BCUT2D eigenvalue weighted by molar-refractivity contribution is 7.98. The fraction of sp³-hybridized carbons (Fsp3) is 0.379. The predicted molar refractivity (Wildman–Crippen MR) is 163 cm³/mol. The number of anilines is 2. The number of benzene rings is 1. The van der Waals surface area contributed by atoms with Crippen LogP contribution in [-0.2, 0) is 0 Å². The van der Waals surface area contributed by atoms with Crippen molar-refractivity contribution in [2.75, 3.05) is 68.5 Å². The van der Waals surface area contributed by atoms with Crippen LogP contribution in [0.1, 0.15) is 21.8 Å². The molecule has 0 spiro atoms. The van der Waals surface area contributed by atoms with Gasteiger partial charge in [-0.05, 0) is 17.9 Å². The molecule has 4 aromatic rings. The van der Waals surface area contributed by atoms with Crippen molar-refractivity contribution in [3.8, 4) is 11.3 Å². The number of hydrogen-bond acceptors (Lipinski definition) is 10. The summed E-state index contributed by atoms with van der Waals surface area (Å²) >= 11 is 1.73. The van der Waals surface area contributed by atoms with Crippen molar-refractivity contribution in [3.05, 3.63) is 66.4 Å². The van der Waals surface area contributed by atoms with Gasteiger partial charge in [0.05, 0.1) is 23.3 Å². The van der Waals surface area contributed by atoms with Gasteiger partial charge in [-0.2, -0.15) is 24.9 Å². The lowest BCUT2D eigenvalue weighted by Gasteiger charge is -2.34. The minimum absolute atomic E-state index is 0.0868. The van der Waals surface area contributed by atoms with Gasteiger partial charge in [-0.3, -0.25) is 14.7 Å². The predicted octanol–water partition coefficient (Wildman–Crippen LogP) is 4.08. The van der Waals surface area contributed by atoms with Crippen molar-refractivity contribution in [2.24, 2.45) is 0 Å². The third kappa shape index (κ3) is 7.49. The number of halogens is 3. The van der Waals surface area contributed by atoms with E-state index in [1.54, 1.807) is 43.5 Å². The van der Waals surface area contributed by atoms with Crippen LogP contribution in [0.2, 0.25) is 0 Å². The van der Waals surface area contributed by atoms with Crippen LogP contribution in [0, 0.1) is 0 Å². The molecule has 2 N–H and O–H groups in total. The Kier molecular flexibility index (Phi) is 9.56. The molecule has 1 aliphatic heterocycles. The van der Waals surface area contributed by atoms with Crippen molar-refractivity contribution in [3.63, 3.8) is 0 Å². The number of carbonyl (C=O) groups is 1. The average Bonchev–Trinajstić information content (AvgIpc) is 3.02. The molecular formula is C29H32F3N9OS. The average molecular weight is 612 g/mol. The summed E-state index contributed by atoms with van der Waals surface area (Å²) in [4.78, 5) is 38.0. The van der Waals surface area contributed by atoms with Crippen molar-refractivity contribution in [1.82, 2.24) is 35.1 Å². The van der Waals surface area contributed by atoms with E-state index in [-0.39, 0.29) is 11.8 Å². The molecular weight excluding hydrogens is 579 g/mol. The molecule has 1 fully saturated rings. The fourth-order valence-electron chi connectivity index (χ4n) is 5.14. The number of thioether (sulfide) groups is 1. The third-order valence-corrected chi connectivity index (χ3v) is 8.01. The molecule has 14 heteroatoms. The second-order valence-corrected chi connectivity index (χ2v) is 11.1. The number of amides is 1. The van der Waals surface area contributed by atoms with E-state index in [2.05, 4.69) is 41.8 Å². The Morgan fingerprint density at radius 2 is 1.81 bits per heavy atom. The van der Waals surface area contributed by atoms with E-state index in [4.69, 9.17) is 0 Å². The van der Waals surface area contributed by atoms with Gasteiger partial charge in [0.15, 0.2) is 0 Å². The molecule has 1 aliphatic rings. The Balaban J connectivity index is 1.27. The number of pyridine rings is 1. The van der Waals surface area contributed by atoms with Crippen LogP contribution < -0.4 is 15.5 Å². The zero-order valence-electron chi connectivity index (χ0n) is 23.8. The van der Waals surface area contributed by atoms with E-state index in [1.807, 2.05) is 29.2 Å². The van der Waals surface area contributed by atoms with Crippen molar-refractivity contribution in [2.45, 2.75) is 12.1 Å². The van der Waals surface area contributed by atoms with E-state index in [0.29, 0.717) is 61.3 Å². The molecule has 5 rings (SSSR count). The summed E-state index contributed by atoms with van der Waals surface area (Å²) in [5, 5.41) is 6.93. The Morgan fingerprint density at radius 1 is 1.05 bits per heavy atom. The maximum absolute atomic E-state index is 12.7. The van der Waals surface area contributed by atoms with Crippen LogP contribution in [0.4, 0.5) is 24.9 Å². The Labute approximate surface area is 251 Å². The maximum Gasteiger partial charge on any atom is 0.401 e. The molecule has 0 saturated carbocycles. The molecule has 10 nitrogen and oxygen atoms in total. The Bertz CT molecular complexity index is 1550. The molecule has 43 heavy (non-hydrogen) atoms. The lowest BCUT2D eigenvalue weighted by molar-refractivity contribution is -0.146. The lowest BCUT2D eigenvalue weighted by Crippen LogP contribution is -2.49. The van der Waals surface area contributed by atoms with Crippen LogP contribution in [0.15, 0.2) is 55.2 Å². The summed E-state index contributed by atoms with van der Waals surface area (Å²) in [5.41, 5.74) is 3.77. The third-order valence-electron chi connectivity index (χ3n) is 7.27. The smallest absolute Gasteiger partial charge is 0.369 e. The first-order chi connectivity index (χ1) is 20.8. The molecule has 0 bridgehead atoms. The second-order valence-electron chi connectivity index (χ2n) is 10.2. The molecule has 1 aromatic carbocycles. The van der Waals surface area contributed by atoms with Crippen LogP contribution >= 0.6 is 11.8 Å². The lowest BCUT2D eigenvalue weighted by atomic mass is 9.95. The van der Waals surface area contributed by atoms with Crippen LogP contribution in [0.25, 0.3) is 22.2 Å². The minimum Gasteiger partial charge on any atom is -0.369 e. The first-order valence-corrected chi connectivity index (χ1v) is 15.2. The molecule has 1 atom stereocenters. The highest BCUT2D eigenvalue weighted by Gasteiger charge is 2.32. The summed E-state index contributed by atoms with van der Waals surface area (Å²) in [6.45, 7) is 1.12. The summed E-state index contributed by atoms with van der Waals surface area (Å²) in [7, 11) is 1.61. The quantitative estimate of drug-likeness (QED) is 0.272. The molecule has 4 heterocycles. The SMILES string of the molecule is CNC(=O)c1ccnc2c(C(CNc3cc(-c4cnc(N5CCN(CC(F)(F)F)CC5)nc4)ncn3)CSC)cccc12. The molecule has 1 amide bonds. The largest absolute Gasteiger partial charge is 0.401 e. The number of para-hydroxylation sites is 1. The topological polar surface area (TPSA) is 112 Å². The van der Waals surface area contributed by atoms with Crippen LogP contribution in [0.3, 0.4) is 0 Å². The van der Waals surface area contributed by atoms with Gasteiger partial charge in [0.1, 0.15) is 12.1 Å². The van der Waals surface area contributed by atoms with Gasteiger partial charge in [0.2, 0.25) is 5.95 Å². The zero-order valence-corrected chi connectivity index (χ0v) is 24.6. The van der Waals surface area contributed by atoms with E-state index in [9.17, 15) is 18.0 Å². The summed E-state index contributed by atoms with van der Waals surface area (Å²) < 4.78 is 38.1. The highest BCUT2D eigenvalue weighted by atomic mass is 32.2. The fourth-order valence-corrected chi connectivity index (χ4v) is 5.84. The Hall–Kier alpha value is -4.04. The number of carbonyl (C=O) groups excluding carboxylic acids is 1. The number of nitrogens with zero attached hydrogens (tertiary/aromatic N) is 7. The number of alkyl halides is 3. The molecule has 0 aliphatic carbocycles. The van der Waals surface area contributed by atoms with E-state index in [0.717, 1.165) is 22.2 Å². The van der Waals surface area contributed by atoms with Crippen molar-refractivity contribution in [1.29, 1.82) is 0 Å². The molecule has 0 radical (unpaired) electrons. The van der Waals surface area contributed by atoms with Crippen molar-refractivity contribution >= 4 is 40.3 Å². The molecule has 1 unspecified atom stereocenters. The van der Waals surface area contributed by atoms with Gasteiger partial charge < -0.3 is 15.5 Å². The first-order valence-electron chi connectivity index (χ1n) is 13.8. The normalized spacial score (nSPS) is 15.0. The van der Waals surface area contributed by atoms with E-state index in [1.165, 1.54) is 11.2 Å². The van der Waals surface area contributed by atoms with Crippen LogP contribution in [0.5, 0.6) is 0 Å². The van der Waals surface area contributed by atoms with E-state index < -0.39 is 12.7 Å². The van der Waals surface area contributed by atoms with Crippen molar-refractivity contribution < 1.29 is 18.0 Å². The Morgan fingerprint density at radius 3 is 2.51 bits per heavy atom. The monoisotopic (exact) mass is 611 g/mol. The highest BCUT2D eigenvalue weighted by Crippen LogP contribution is 2.29. The van der Waals surface area contributed by atoms with E-state index >= 15 is 0 Å². The number of aromatic nitrogens is 5. The maximum atomic E-state index is 12.7. The summed E-state index contributed by atoms with van der Waals surface area (Å²) in [6.07, 6.45) is 4.32. The summed E-state index contributed by atoms with van der Waals surface area (Å²) in [6, 6.07) is 9.47. The van der Waals surface area contributed by atoms with Gasteiger partial charge in [0.25, 0.3) is 5.91 Å². The van der Waals surface area contributed by atoms with Gasteiger partial charge in [0, 0.05) is 87.0 Å². The standard InChI is InChI=1S/C29H32F3N9OS/c1-33-27(42)23-6-7-34-26-21(4-3-5-22(23)26)20(16-43-2)15-35-25-12-24(38-18-39-25)19-13-36-28(37-14-19)41-10-8-40(9-11-41)17-29(30,31)32/h3-7,12-14,18,20H,8-11,15-17H2,1-2H3,(H,33,42)(H,35,38,39). The summed E-state index contributed by atoms with van der Waals surface area (Å²) in [5.74, 6) is 1.88. The number of piperazine rings is 1. The number of nitrogens with one attached hydrogen (secondary N) is 2. The van der Waals surface area contributed by atoms with Gasteiger partial charge in [-0.1, -0.05) is 18.2 Å². The molecule has 226 valence electrons. The van der Waals surface area contributed by atoms with Gasteiger partial charge in [-0.15, -0.1) is 0 Å². The number of hydrogen-bond donors (Lipinski definition) is 2. The first kappa shape index (κ1) is 30.4. The minimum atomic E-state index is -4.20. The second kappa shape index (κ2) is 13.5. The van der Waals surface area contributed by atoms with Crippen LogP contribution in [-0.4, -0.2) is 100 Å². The molecule has 3 aromatic heterocycles. The number of fused-ring (bicyclic) bond motifs is 1. The van der Waals surface area contributed by atoms with Gasteiger partial charge in [-0.25, -0.2) is 19.9 Å². The number of rotatable bonds is 10. The van der Waals surface area contributed by atoms with Gasteiger partial charge >= 0.3 is 6.18 Å². The zero-order chi connectivity index (χ0) is 30.4. The molecule has 1 saturated heterocycles.